The van der Waals surface area contributed by atoms with E-state index in [1.165, 1.54) is 0 Å². The van der Waals surface area contributed by atoms with Gasteiger partial charge in [-0.1, -0.05) is 6.92 Å². The second kappa shape index (κ2) is 6.24. The Labute approximate surface area is 105 Å². The Balaban J connectivity index is 2.40. The molecule has 0 unspecified atom stereocenters. The van der Waals surface area contributed by atoms with E-state index in [-0.39, 0.29) is 6.09 Å². The summed E-state index contributed by atoms with van der Waals surface area (Å²) in [6, 6.07) is 0.427. The van der Waals surface area contributed by atoms with Gasteiger partial charge in [-0.05, 0) is 46.6 Å². The van der Waals surface area contributed by atoms with Crippen LogP contribution in [0.3, 0.4) is 0 Å². The van der Waals surface area contributed by atoms with Crippen LogP contribution in [-0.4, -0.2) is 42.3 Å². The molecule has 0 aliphatic carbocycles. The predicted molar refractivity (Wildman–Crippen MR) is 69.1 cm³/mol. The number of likely N-dealkylation sites (tertiary alicyclic amines) is 1. The second-order valence-electron chi connectivity index (χ2n) is 5.72. The van der Waals surface area contributed by atoms with Gasteiger partial charge in [0.1, 0.15) is 5.60 Å². The number of amides is 1. The molecule has 4 nitrogen and oxygen atoms in total. The standard InChI is InChI=1S/C13H26N2O2/c1-5-8-14-11-7-6-9-15(10-11)12(16)17-13(2,3)4/h11,14H,5-10H2,1-4H3/t11-/m0/s1. The van der Waals surface area contributed by atoms with Gasteiger partial charge in [-0.3, -0.25) is 0 Å². The first-order chi connectivity index (χ1) is 7.92. The molecule has 0 aromatic heterocycles. The van der Waals surface area contributed by atoms with Gasteiger partial charge in [0.2, 0.25) is 0 Å². The normalized spacial score (nSPS) is 21.4. The fourth-order valence-electron chi connectivity index (χ4n) is 1.98. The van der Waals surface area contributed by atoms with Gasteiger partial charge < -0.3 is 15.0 Å². The quantitative estimate of drug-likeness (QED) is 0.826. The number of hydrogen-bond donors (Lipinski definition) is 1. The largest absolute Gasteiger partial charge is 0.444 e. The molecule has 0 aromatic carbocycles. The lowest BCUT2D eigenvalue weighted by molar-refractivity contribution is 0.0188. The van der Waals surface area contributed by atoms with Crippen LogP contribution < -0.4 is 5.32 Å². The minimum Gasteiger partial charge on any atom is -0.444 e. The van der Waals surface area contributed by atoms with Crippen molar-refractivity contribution < 1.29 is 9.53 Å². The number of rotatable bonds is 3. The topological polar surface area (TPSA) is 41.6 Å². The summed E-state index contributed by atoms with van der Waals surface area (Å²) in [5.41, 5.74) is -0.402. The molecule has 17 heavy (non-hydrogen) atoms. The minimum atomic E-state index is -0.402. The molecule has 0 bridgehead atoms. The molecule has 1 fully saturated rings. The molecule has 100 valence electrons. The van der Waals surface area contributed by atoms with Crippen molar-refractivity contribution in [1.29, 1.82) is 0 Å². The molecule has 0 saturated carbocycles. The van der Waals surface area contributed by atoms with Crippen LogP contribution >= 0.6 is 0 Å². The van der Waals surface area contributed by atoms with Crippen LogP contribution in [0.1, 0.15) is 47.0 Å². The van der Waals surface area contributed by atoms with E-state index >= 15 is 0 Å². The lowest BCUT2D eigenvalue weighted by Gasteiger charge is -2.34. The average Bonchev–Trinajstić information content (AvgIpc) is 2.24. The third-order valence-electron chi connectivity index (χ3n) is 2.76. The van der Waals surface area contributed by atoms with E-state index in [1.807, 2.05) is 25.7 Å². The van der Waals surface area contributed by atoms with E-state index in [1.54, 1.807) is 0 Å². The summed E-state index contributed by atoms with van der Waals surface area (Å²) in [5.74, 6) is 0. The van der Waals surface area contributed by atoms with Crippen LogP contribution in [0.25, 0.3) is 0 Å². The SMILES string of the molecule is CCCN[C@H]1CCCN(C(=O)OC(C)(C)C)C1. The van der Waals surface area contributed by atoms with Crippen molar-refractivity contribution in [2.45, 2.75) is 58.6 Å². The molecule has 1 aliphatic heterocycles. The fourth-order valence-corrected chi connectivity index (χ4v) is 1.98. The first-order valence-electron chi connectivity index (χ1n) is 6.63. The van der Waals surface area contributed by atoms with Crippen LogP contribution in [0.5, 0.6) is 0 Å². The van der Waals surface area contributed by atoms with Crippen LogP contribution in [0.4, 0.5) is 4.79 Å². The predicted octanol–water partition coefficient (Wildman–Crippen LogP) is 2.39. The Morgan fingerprint density at radius 1 is 1.47 bits per heavy atom. The van der Waals surface area contributed by atoms with Gasteiger partial charge in [0, 0.05) is 19.1 Å². The highest BCUT2D eigenvalue weighted by molar-refractivity contribution is 5.68. The lowest BCUT2D eigenvalue weighted by atomic mass is 10.1. The monoisotopic (exact) mass is 242 g/mol. The number of nitrogens with zero attached hydrogens (tertiary/aromatic N) is 1. The highest BCUT2D eigenvalue weighted by Gasteiger charge is 2.27. The van der Waals surface area contributed by atoms with Crippen molar-refractivity contribution in [3.05, 3.63) is 0 Å². The third-order valence-corrected chi connectivity index (χ3v) is 2.76. The molecular formula is C13H26N2O2. The third kappa shape index (κ3) is 5.39. The van der Waals surface area contributed by atoms with Crippen LogP contribution in [0, 0.1) is 0 Å². The van der Waals surface area contributed by atoms with Gasteiger partial charge in [-0.25, -0.2) is 4.79 Å². The van der Waals surface area contributed by atoms with E-state index in [2.05, 4.69) is 12.2 Å². The Hall–Kier alpha value is -0.770. The van der Waals surface area contributed by atoms with Gasteiger partial charge in [0.05, 0.1) is 0 Å². The number of ether oxygens (including phenoxy) is 1. The summed E-state index contributed by atoms with van der Waals surface area (Å²) >= 11 is 0. The van der Waals surface area contributed by atoms with Gasteiger partial charge in [-0.15, -0.1) is 0 Å². The number of carbonyl (C=O) groups is 1. The van der Waals surface area contributed by atoms with E-state index in [4.69, 9.17) is 4.74 Å². The Morgan fingerprint density at radius 2 is 2.18 bits per heavy atom. The van der Waals surface area contributed by atoms with Crippen molar-refractivity contribution in [1.82, 2.24) is 10.2 Å². The molecule has 4 heteroatoms. The molecule has 1 saturated heterocycles. The van der Waals surface area contributed by atoms with Gasteiger partial charge in [0.25, 0.3) is 0 Å². The molecule has 0 aromatic rings. The molecule has 1 heterocycles. The van der Waals surface area contributed by atoms with Crippen LogP contribution in [0.15, 0.2) is 0 Å². The molecule has 1 N–H and O–H groups in total. The maximum Gasteiger partial charge on any atom is 0.410 e. The minimum absolute atomic E-state index is 0.180. The summed E-state index contributed by atoms with van der Waals surface area (Å²) < 4.78 is 5.39. The number of nitrogens with one attached hydrogen (secondary N) is 1. The van der Waals surface area contributed by atoms with Crippen molar-refractivity contribution in [3.63, 3.8) is 0 Å². The zero-order valence-electron chi connectivity index (χ0n) is 11.6. The molecule has 1 rings (SSSR count). The second-order valence-corrected chi connectivity index (χ2v) is 5.72. The first-order valence-corrected chi connectivity index (χ1v) is 6.63. The summed E-state index contributed by atoms with van der Waals surface area (Å²) in [7, 11) is 0. The van der Waals surface area contributed by atoms with E-state index in [0.717, 1.165) is 38.9 Å². The molecule has 1 aliphatic rings. The summed E-state index contributed by atoms with van der Waals surface area (Å²) in [5, 5.41) is 3.47. The molecule has 0 spiro atoms. The first kappa shape index (κ1) is 14.3. The van der Waals surface area contributed by atoms with Gasteiger partial charge in [0.15, 0.2) is 0 Å². The van der Waals surface area contributed by atoms with Crippen molar-refractivity contribution in [2.75, 3.05) is 19.6 Å². The number of piperidine rings is 1. The van der Waals surface area contributed by atoms with Gasteiger partial charge in [-0.2, -0.15) is 0 Å². The molecule has 0 radical (unpaired) electrons. The molecule has 1 amide bonds. The van der Waals surface area contributed by atoms with Crippen LogP contribution in [0.2, 0.25) is 0 Å². The fraction of sp³-hybridized carbons (Fsp3) is 0.923. The zero-order valence-corrected chi connectivity index (χ0v) is 11.6. The van der Waals surface area contributed by atoms with Crippen molar-refractivity contribution >= 4 is 6.09 Å². The van der Waals surface area contributed by atoms with Crippen molar-refractivity contribution in [3.8, 4) is 0 Å². The highest BCUT2D eigenvalue weighted by Crippen LogP contribution is 2.15. The zero-order chi connectivity index (χ0) is 12.9. The lowest BCUT2D eigenvalue weighted by Crippen LogP contribution is -2.49. The Morgan fingerprint density at radius 3 is 2.76 bits per heavy atom. The summed E-state index contributed by atoms with van der Waals surface area (Å²) in [6.07, 6.45) is 3.16. The van der Waals surface area contributed by atoms with E-state index in [9.17, 15) is 4.79 Å². The number of carbonyl (C=O) groups excluding carboxylic acids is 1. The number of hydrogen-bond acceptors (Lipinski definition) is 3. The Kier molecular flexibility index (Phi) is 5.25. The van der Waals surface area contributed by atoms with Crippen LogP contribution in [-0.2, 0) is 4.74 Å². The molecule has 1 atom stereocenters. The van der Waals surface area contributed by atoms with E-state index in [0.29, 0.717) is 6.04 Å². The molecular weight excluding hydrogens is 216 g/mol. The Bertz CT molecular complexity index is 248. The summed E-state index contributed by atoms with van der Waals surface area (Å²) in [4.78, 5) is 13.7. The highest BCUT2D eigenvalue weighted by atomic mass is 16.6. The summed E-state index contributed by atoms with van der Waals surface area (Å²) in [6.45, 7) is 10.5. The maximum absolute atomic E-state index is 11.9. The van der Waals surface area contributed by atoms with E-state index < -0.39 is 5.60 Å². The smallest absolute Gasteiger partial charge is 0.410 e. The van der Waals surface area contributed by atoms with Crippen molar-refractivity contribution in [2.24, 2.45) is 0 Å². The van der Waals surface area contributed by atoms with Gasteiger partial charge >= 0.3 is 6.09 Å². The maximum atomic E-state index is 11.9. The average molecular weight is 242 g/mol.